The molecule has 0 unspecified atom stereocenters. The van der Waals surface area contributed by atoms with Crippen molar-refractivity contribution in [3.8, 4) is 6.07 Å². The molecule has 5 heteroatoms. The van der Waals surface area contributed by atoms with E-state index >= 15 is 0 Å². The third-order valence-corrected chi connectivity index (χ3v) is 4.92. The first-order chi connectivity index (χ1) is 12.3. The highest BCUT2D eigenvalue weighted by Crippen LogP contribution is 2.24. The molecule has 5 nitrogen and oxygen atoms in total. The van der Waals surface area contributed by atoms with E-state index in [-0.39, 0.29) is 0 Å². The third-order valence-electron chi connectivity index (χ3n) is 4.92. The Kier molecular flexibility index (Phi) is 5.49. The van der Waals surface area contributed by atoms with Gasteiger partial charge < -0.3 is 10.2 Å². The van der Waals surface area contributed by atoms with Crippen LogP contribution in [-0.2, 0) is 12.8 Å². The molecule has 1 fully saturated rings. The molecule has 0 aliphatic carbocycles. The number of piperidine rings is 1. The Morgan fingerprint density at radius 3 is 2.44 bits per heavy atom. The van der Waals surface area contributed by atoms with Gasteiger partial charge in [-0.15, -0.1) is 5.10 Å². The quantitative estimate of drug-likeness (QED) is 0.905. The lowest BCUT2D eigenvalue weighted by molar-refractivity contribution is 0.524. The summed E-state index contributed by atoms with van der Waals surface area (Å²) in [5, 5.41) is 21.7. The number of para-hydroxylation sites is 1. The minimum atomic E-state index is 0.332. The number of hydrogen-bond acceptors (Lipinski definition) is 5. The van der Waals surface area contributed by atoms with E-state index in [1.54, 1.807) is 0 Å². The average molecular weight is 335 g/mol. The van der Waals surface area contributed by atoms with E-state index in [0.29, 0.717) is 17.4 Å². The van der Waals surface area contributed by atoms with E-state index in [0.717, 1.165) is 50.0 Å². The fourth-order valence-electron chi connectivity index (χ4n) is 3.51. The van der Waals surface area contributed by atoms with Gasteiger partial charge in [0.15, 0.2) is 5.82 Å². The lowest BCUT2D eigenvalue weighted by Gasteiger charge is -2.34. The number of anilines is 2. The van der Waals surface area contributed by atoms with Crippen LogP contribution >= 0.6 is 0 Å². The number of aromatic nitrogens is 2. The van der Waals surface area contributed by atoms with E-state index in [1.807, 2.05) is 6.07 Å². The van der Waals surface area contributed by atoms with Crippen molar-refractivity contribution in [2.24, 2.45) is 0 Å². The molecule has 1 N–H and O–H groups in total. The molecule has 1 saturated heterocycles. The van der Waals surface area contributed by atoms with Gasteiger partial charge in [-0.05, 0) is 43.4 Å². The van der Waals surface area contributed by atoms with Crippen LogP contribution in [0.5, 0.6) is 0 Å². The second kappa shape index (κ2) is 7.98. The smallest absolute Gasteiger partial charge is 0.167 e. The van der Waals surface area contributed by atoms with Crippen LogP contribution in [0.1, 0.15) is 43.5 Å². The zero-order valence-corrected chi connectivity index (χ0v) is 15.0. The zero-order chi connectivity index (χ0) is 17.6. The van der Waals surface area contributed by atoms with Crippen LogP contribution in [0.4, 0.5) is 11.5 Å². The molecule has 0 amide bonds. The Labute approximate surface area is 149 Å². The fraction of sp³-hybridized carbons (Fsp3) is 0.450. The summed E-state index contributed by atoms with van der Waals surface area (Å²) in [6.45, 7) is 6.13. The van der Waals surface area contributed by atoms with Gasteiger partial charge in [-0.1, -0.05) is 32.0 Å². The van der Waals surface area contributed by atoms with Crippen molar-refractivity contribution < 1.29 is 0 Å². The van der Waals surface area contributed by atoms with Gasteiger partial charge in [-0.2, -0.15) is 10.4 Å². The Morgan fingerprint density at radius 1 is 1.12 bits per heavy atom. The maximum absolute atomic E-state index is 9.60. The highest BCUT2D eigenvalue weighted by atomic mass is 15.2. The predicted molar refractivity (Wildman–Crippen MR) is 101 cm³/mol. The topological polar surface area (TPSA) is 64.8 Å². The van der Waals surface area contributed by atoms with Crippen LogP contribution in [0.25, 0.3) is 0 Å². The second-order valence-electron chi connectivity index (χ2n) is 6.41. The molecule has 0 atom stereocenters. The average Bonchev–Trinajstić information content (AvgIpc) is 2.68. The summed E-state index contributed by atoms with van der Waals surface area (Å²) in [6, 6.07) is 13.2. The van der Waals surface area contributed by atoms with Crippen molar-refractivity contribution >= 4 is 11.5 Å². The number of nitrogens with zero attached hydrogens (tertiary/aromatic N) is 4. The summed E-state index contributed by atoms with van der Waals surface area (Å²) >= 11 is 0. The molecule has 1 aliphatic rings. The van der Waals surface area contributed by atoms with Crippen molar-refractivity contribution in [2.45, 2.75) is 45.6 Å². The molecule has 1 aliphatic heterocycles. The molecule has 0 spiro atoms. The van der Waals surface area contributed by atoms with Gasteiger partial charge in [0.25, 0.3) is 0 Å². The van der Waals surface area contributed by atoms with Crippen molar-refractivity contribution in [3.63, 3.8) is 0 Å². The minimum absolute atomic E-state index is 0.332. The molecular weight excluding hydrogens is 310 g/mol. The number of rotatable bonds is 5. The van der Waals surface area contributed by atoms with Crippen LogP contribution in [0.2, 0.25) is 0 Å². The minimum Gasteiger partial charge on any atom is -0.371 e. The van der Waals surface area contributed by atoms with Crippen LogP contribution in [0.3, 0.4) is 0 Å². The fourth-order valence-corrected chi connectivity index (χ4v) is 3.51. The summed E-state index contributed by atoms with van der Waals surface area (Å²) in [6.07, 6.45) is 3.67. The first-order valence-corrected chi connectivity index (χ1v) is 9.11. The Bertz CT molecular complexity index is 743. The monoisotopic (exact) mass is 335 g/mol. The third kappa shape index (κ3) is 3.74. The molecule has 0 bridgehead atoms. The van der Waals surface area contributed by atoms with Gasteiger partial charge in [0.1, 0.15) is 11.6 Å². The van der Waals surface area contributed by atoms with Crippen LogP contribution < -0.4 is 10.2 Å². The van der Waals surface area contributed by atoms with E-state index in [2.05, 4.69) is 64.6 Å². The Balaban J connectivity index is 1.69. The van der Waals surface area contributed by atoms with E-state index in [4.69, 9.17) is 0 Å². The number of nitrogens with one attached hydrogen (secondary N) is 1. The lowest BCUT2D eigenvalue weighted by Crippen LogP contribution is -2.39. The number of aryl methyl sites for hydroxylation is 1. The van der Waals surface area contributed by atoms with Gasteiger partial charge in [0.05, 0.1) is 5.69 Å². The van der Waals surface area contributed by atoms with E-state index in [1.165, 1.54) is 5.69 Å². The largest absolute Gasteiger partial charge is 0.371 e. The van der Waals surface area contributed by atoms with Crippen molar-refractivity contribution in [1.29, 1.82) is 5.26 Å². The zero-order valence-electron chi connectivity index (χ0n) is 15.0. The molecular formula is C20H25N5. The summed E-state index contributed by atoms with van der Waals surface area (Å²) in [5.41, 5.74) is 3.91. The summed E-state index contributed by atoms with van der Waals surface area (Å²) < 4.78 is 0. The number of hydrogen-bond donors (Lipinski definition) is 1. The maximum atomic E-state index is 9.60. The van der Waals surface area contributed by atoms with Gasteiger partial charge >= 0.3 is 0 Å². The van der Waals surface area contributed by atoms with Crippen molar-refractivity contribution in [2.75, 3.05) is 23.3 Å². The lowest BCUT2D eigenvalue weighted by atomic mass is 10.0. The molecule has 1 aromatic carbocycles. The summed E-state index contributed by atoms with van der Waals surface area (Å²) in [7, 11) is 0. The molecule has 0 saturated carbocycles. The normalized spacial score (nSPS) is 15.0. The molecule has 25 heavy (non-hydrogen) atoms. The highest BCUT2D eigenvalue weighted by molar-refractivity contribution is 5.57. The van der Waals surface area contributed by atoms with Gasteiger partial charge in [-0.25, -0.2) is 0 Å². The second-order valence-corrected chi connectivity index (χ2v) is 6.41. The molecule has 2 heterocycles. The number of benzene rings is 1. The summed E-state index contributed by atoms with van der Waals surface area (Å²) in [5.74, 6) is 0.648. The standard InChI is InChI=1S/C20H25N5/c1-3-17-18(14-21)20(24-23-19(17)4-2)22-15-10-12-25(13-11-15)16-8-6-5-7-9-16/h5-9,15H,3-4,10-13H2,1-2H3,(H,22,24). The van der Waals surface area contributed by atoms with Crippen molar-refractivity contribution in [1.82, 2.24) is 10.2 Å². The summed E-state index contributed by atoms with van der Waals surface area (Å²) in [4.78, 5) is 2.41. The highest BCUT2D eigenvalue weighted by Gasteiger charge is 2.22. The Hall–Kier alpha value is -2.61. The van der Waals surface area contributed by atoms with Gasteiger partial charge in [-0.3, -0.25) is 0 Å². The first kappa shape index (κ1) is 17.2. The van der Waals surface area contributed by atoms with E-state index < -0.39 is 0 Å². The van der Waals surface area contributed by atoms with Gasteiger partial charge in [0.2, 0.25) is 0 Å². The van der Waals surface area contributed by atoms with Crippen LogP contribution in [-0.4, -0.2) is 29.3 Å². The first-order valence-electron chi connectivity index (χ1n) is 9.11. The maximum Gasteiger partial charge on any atom is 0.167 e. The van der Waals surface area contributed by atoms with Gasteiger partial charge in [0, 0.05) is 24.8 Å². The number of nitriles is 1. The molecule has 0 radical (unpaired) electrons. The van der Waals surface area contributed by atoms with Crippen LogP contribution in [0, 0.1) is 11.3 Å². The van der Waals surface area contributed by atoms with Crippen LogP contribution in [0.15, 0.2) is 30.3 Å². The molecule has 1 aromatic heterocycles. The van der Waals surface area contributed by atoms with E-state index in [9.17, 15) is 5.26 Å². The molecule has 130 valence electrons. The SMILES string of the molecule is CCc1nnc(NC2CCN(c3ccccc3)CC2)c(C#N)c1CC. The molecule has 2 aromatic rings. The molecule has 3 rings (SSSR count). The van der Waals surface area contributed by atoms with Crippen molar-refractivity contribution in [3.05, 3.63) is 47.2 Å². The predicted octanol–water partition coefficient (Wildman–Crippen LogP) is 3.55. The Morgan fingerprint density at radius 2 is 1.84 bits per heavy atom.